The molecule has 3 aromatic rings. The number of rotatable bonds is 5. The number of fused-ring (bicyclic) bond motifs is 1. The van der Waals surface area contributed by atoms with Gasteiger partial charge in [0.2, 0.25) is 0 Å². The molecular formula is C20H20FN3OS. The van der Waals surface area contributed by atoms with Crippen LogP contribution in [0, 0.1) is 17.7 Å². The van der Waals surface area contributed by atoms with Crippen molar-refractivity contribution in [3.63, 3.8) is 0 Å². The predicted molar refractivity (Wildman–Crippen MR) is 105 cm³/mol. The Balaban J connectivity index is 1.86. The minimum atomic E-state index is -0.495. The number of hydrogen-bond acceptors (Lipinski definition) is 5. The van der Waals surface area contributed by atoms with Gasteiger partial charge in [-0.2, -0.15) is 0 Å². The second-order valence-corrected chi connectivity index (χ2v) is 6.74. The van der Waals surface area contributed by atoms with Gasteiger partial charge >= 0.3 is 0 Å². The normalized spacial score (nSPS) is 10.8. The molecule has 0 unspecified atom stereocenters. The van der Waals surface area contributed by atoms with Gasteiger partial charge in [-0.3, -0.25) is 9.88 Å². The molecule has 0 aliphatic rings. The summed E-state index contributed by atoms with van der Waals surface area (Å²) in [4.78, 5) is 7.51. The van der Waals surface area contributed by atoms with Gasteiger partial charge in [0.1, 0.15) is 5.75 Å². The Morgan fingerprint density at radius 3 is 2.73 bits per heavy atom. The lowest BCUT2D eigenvalue weighted by molar-refractivity contribution is 0.342. The summed E-state index contributed by atoms with van der Waals surface area (Å²) in [6.45, 7) is 6.92. The Labute approximate surface area is 156 Å². The molecule has 134 valence electrons. The number of nitrogens with zero attached hydrogens (tertiary/aromatic N) is 2. The maximum Gasteiger partial charge on any atom is 0.167 e. The van der Waals surface area contributed by atoms with E-state index in [-0.39, 0.29) is 5.75 Å². The minimum Gasteiger partial charge on any atom is -0.453 e. The van der Waals surface area contributed by atoms with E-state index in [0.717, 1.165) is 34.7 Å². The van der Waals surface area contributed by atoms with E-state index in [9.17, 15) is 4.39 Å². The Morgan fingerprint density at radius 1 is 1.19 bits per heavy atom. The highest BCUT2D eigenvalue weighted by molar-refractivity contribution is 7.19. The quantitative estimate of drug-likeness (QED) is 0.531. The van der Waals surface area contributed by atoms with E-state index in [1.807, 2.05) is 6.07 Å². The van der Waals surface area contributed by atoms with Crippen LogP contribution in [0.1, 0.15) is 18.7 Å². The molecule has 0 saturated carbocycles. The number of hydrogen-bond donors (Lipinski definition) is 1. The third kappa shape index (κ3) is 4.13. The summed E-state index contributed by atoms with van der Waals surface area (Å²) in [5, 5.41) is 0. The van der Waals surface area contributed by atoms with Crippen molar-refractivity contribution in [2.45, 2.75) is 13.8 Å². The first-order valence-corrected chi connectivity index (χ1v) is 9.25. The molecule has 2 N–H and O–H groups in total. The molecule has 0 fully saturated rings. The second kappa shape index (κ2) is 8.17. The summed E-state index contributed by atoms with van der Waals surface area (Å²) in [6.07, 6.45) is 1.65. The number of anilines is 1. The van der Waals surface area contributed by atoms with Gasteiger partial charge in [0.15, 0.2) is 11.6 Å². The fraction of sp³-hybridized carbons (Fsp3) is 0.250. The second-order valence-electron chi connectivity index (χ2n) is 5.69. The van der Waals surface area contributed by atoms with Crippen LogP contribution in [0.2, 0.25) is 0 Å². The van der Waals surface area contributed by atoms with Crippen LogP contribution in [0.3, 0.4) is 0 Å². The van der Waals surface area contributed by atoms with E-state index in [2.05, 4.69) is 35.6 Å². The van der Waals surface area contributed by atoms with E-state index in [1.54, 1.807) is 18.3 Å². The number of nitrogens with two attached hydrogens (primary N) is 1. The first-order chi connectivity index (χ1) is 12.6. The number of ether oxygens (including phenoxy) is 1. The third-order valence-electron chi connectivity index (χ3n) is 3.96. The van der Waals surface area contributed by atoms with Gasteiger partial charge in [-0.15, -0.1) is 11.3 Å². The summed E-state index contributed by atoms with van der Waals surface area (Å²) in [5.41, 5.74) is 6.73. The highest BCUT2D eigenvalue weighted by Crippen LogP contribution is 2.35. The molecule has 0 aliphatic heterocycles. The molecule has 3 rings (SSSR count). The summed E-state index contributed by atoms with van der Waals surface area (Å²) in [5.74, 6) is 6.57. The van der Waals surface area contributed by atoms with Gasteiger partial charge < -0.3 is 10.5 Å². The van der Waals surface area contributed by atoms with Crippen molar-refractivity contribution in [2.24, 2.45) is 0 Å². The van der Waals surface area contributed by atoms with E-state index < -0.39 is 5.82 Å². The highest BCUT2D eigenvalue weighted by Gasteiger charge is 2.11. The average Bonchev–Trinajstić information content (AvgIpc) is 3.05. The number of thiophene rings is 1. The molecule has 4 nitrogen and oxygen atoms in total. The third-order valence-corrected chi connectivity index (χ3v) is 5.01. The smallest absolute Gasteiger partial charge is 0.167 e. The van der Waals surface area contributed by atoms with Gasteiger partial charge in [-0.05, 0) is 31.3 Å². The lowest BCUT2D eigenvalue weighted by Crippen LogP contribution is -2.22. The molecule has 0 bridgehead atoms. The maximum atomic E-state index is 14.0. The number of pyridine rings is 1. The molecule has 0 saturated heterocycles. The van der Waals surface area contributed by atoms with Gasteiger partial charge in [-0.25, -0.2) is 4.39 Å². The molecule has 0 amide bonds. The molecule has 26 heavy (non-hydrogen) atoms. The Morgan fingerprint density at radius 2 is 2.00 bits per heavy atom. The zero-order chi connectivity index (χ0) is 18.5. The molecule has 0 radical (unpaired) electrons. The molecule has 0 atom stereocenters. The van der Waals surface area contributed by atoms with Crippen molar-refractivity contribution >= 4 is 27.2 Å². The Bertz CT molecular complexity index is 970. The summed E-state index contributed by atoms with van der Waals surface area (Å²) in [6, 6.07) is 8.03. The summed E-state index contributed by atoms with van der Waals surface area (Å²) < 4.78 is 20.6. The number of benzene rings is 1. The van der Waals surface area contributed by atoms with Gasteiger partial charge in [0.05, 0.1) is 21.6 Å². The van der Waals surface area contributed by atoms with E-state index in [1.165, 1.54) is 23.5 Å². The summed E-state index contributed by atoms with van der Waals surface area (Å²) >= 11 is 1.49. The van der Waals surface area contributed by atoms with Crippen LogP contribution in [-0.4, -0.2) is 29.5 Å². The highest BCUT2D eigenvalue weighted by atomic mass is 32.1. The molecule has 2 heterocycles. The molecule has 0 spiro atoms. The van der Waals surface area contributed by atoms with E-state index >= 15 is 0 Å². The predicted octanol–water partition coefficient (Wildman–Crippen LogP) is 4.50. The van der Waals surface area contributed by atoms with Crippen molar-refractivity contribution < 1.29 is 9.13 Å². The van der Waals surface area contributed by atoms with Crippen LogP contribution in [0.25, 0.3) is 10.2 Å². The van der Waals surface area contributed by atoms with Crippen molar-refractivity contribution in [2.75, 3.05) is 25.4 Å². The lowest BCUT2D eigenvalue weighted by Gasteiger charge is -2.12. The van der Waals surface area contributed by atoms with Gasteiger partial charge in [0, 0.05) is 24.0 Å². The lowest BCUT2D eigenvalue weighted by atomic mass is 10.3. The monoisotopic (exact) mass is 369 g/mol. The van der Waals surface area contributed by atoms with Crippen molar-refractivity contribution in [1.29, 1.82) is 0 Å². The average molecular weight is 369 g/mol. The van der Waals surface area contributed by atoms with E-state index in [4.69, 9.17) is 10.5 Å². The van der Waals surface area contributed by atoms with Crippen LogP contribution in [-0.2, 0) is 0 Å². The zero-order valence-electron chi connectivity index (χ0n) is 14.8. The van der Waals surface area contributed by atoms with Gasteiger partial charge in [0.25, 0.3) is 0 Å². The first kappa shape index (κ1) is 18.2. The molecule has 6 heteroatoms. The molecule has 1 aromatic carbocycles. The fourth-order valence-electron chi connectivity index (χ4n) is 2.46. The topological polar surface area (TPSA) is 51.4 Å². The Hall–Kier alpha value is -2.62. The SMILES string of the molecule is CCN(CC)CC#Cc1cc2nccc(Oc3ccc(N)cc3F)c2s1. The molecular weight excluding hydrogens is 349 g/mol. The minimum absolute atomic E-state index is 0.134. The maximum absolute atomic E-state index is 14.0. The van der Waals surface area contributed by atoms with Gasteiger partial charge in [-0.1, -0.05) is 25.7 Å². The Kier molecular flexibility index (Phi) is 5.71. The summed E-state index contributed by atoms with van der Waals surface area (Å²) in [7, 11) is 0. The van der Waals surface area contributed by atoms with Crippen LogP contribution >= 0.6 is 11.3 Å². The van der Waals surface area contributed by atoms with Crippen LogP contribution in [0.4, 0.5) is 10.1 Å². The van der Waals surface area contributed by atoms with Crippen LogP contribution in [0.5, 0.6) is 11.5 Å². The first-order valence-electron chi connectivity index (χ1n) is 8.43. The number of halogens is 1. The van der Waals surface area contributed by atoms with Crippen molar-refractivity contribution in [3.05, 3.63) is 47.2 Å². The zero-order valence-corrected chi connectivity index (χ0v) is 15.6. The van der Waals surface area contributed by atoms with Crippen LogP contribution < -0.4 is 10.5 Å². The van der Waals surface area contributed by atoms with Crippen molar-refractivity contribution in [1.82, 2.24) is 9.88 Å². The molecule has 0 aliphatic carbocycles. The standard InChI is InChI=1S/C20H20FN3OS/c1-3-24(4-2)11-5-6-15-13-17-20(26-15)19(9-10-23-17)25-18-8-7-14(22)12-16(18)21/h7-10,12-13H,3-4,11,22H2,1-2H3. The van der Waals surface area contributed by atoms with E-state index in [0.29, 0.717) is 11.4 Å². The van der Waals surface area contributed by atoms with Crippen LogP contribution in [0.15, 0.2) is 36.5 Å². The van der Waals surface area contributed by atoms with Crippen molar-refractivity contribution in [3.8, 4) is 23.3 Å². The number of aromatic nitrogens is 1. The molecule has 2 aromatic heterocycles. The fourth-order valence-corrected chi connectivity index (χ4v) is 3.40. The number of nitrogen functional groups attached to an aromatic ring is 1. The largest absolute Gasteiger partial charge is 0.453 e.